The van der Waals surface area contributed by atoms with Crippen molar-refractivity contribution in [1.82, 2.24) is 4.31 Å². The standard InChI is InChI=1S/C21H27N3O3S/c1-15-5-4-12-24(14-15)28(26,27)20-10-8-18(9-11-20)22-21(25)23-19-7-6-16(2)17(3)13-19/h6-11,13,15H,4-5,12,14H2,1-3H3,(H2,22,23,25)/t15-/m1/s1. The van der Waals surface area contributed by atoms with Crippen LogP contribution in [-0.4, -0.2) is 31.8 Å². The maximum absolute atomic E-state index is 12.8. The SMILES string of the molecule is Cc1ccc(NC(=O)Nc2ccc(S(=O)(=O)N3CCC[C@@H](C)C3)cc2)cc1C. The lowest BCUT2D eigenvalue weighted by atomic mass is 10.0. The molecule has 2 aromatic rings. The zero-order chi connectivity index (χ0) is 20.3. The van der Waals surface area contributed by atoms with Gasteiger partial charge in [0.25, 0.3) is 0 Å². The van der Waals surface area contributed by atoms with Crippen LogP contribution in [0, 0.1) is 19.8 Å². The lowest BCUT2D eigenvalue weighted by Gasteiger charge is -2.30. The number of urea groups is 1. The molecule has 7 heteroatoms. The van der Waals surface area contributed by atoms with Crippen molar-refractivity contribution in [3.63, 3.8) is 0 Å². The van der Waals surface area contributed by atoms with E-state index in [9.17, 15) is 13.2 Å². The zero-order valence-electron chi connectivity index (χ0n) is 16.5. The molecule has 2 N–H and O–H groups in total. The minimum absolute atomic E-state index is 0.252. The van der Waals surface area contributed by atoms with Gasteiger partial charge >= 0.3 is 6.03 Å². The van der Waals surface area contributed by atoms with Gasteiger partial charge in [0.1, 0.15) is 0 Å². The van der Waals surface area contributed by atoms with Crippen LogP contribution in [0.15, 0.2) is 47.4 Å². The molecule has 2 amide bonds. The van der Waals surface area contributed by atoms with Crippen molar-refractivity contribution in [3.05, 3.63) is 53.6 Å². The summed E-state index contributed by atoms with van der Waals surface area (Å²) in [7, 11) is -3.49. The average molecular weight is 402 g/mol. The van der Waals surface area contributed by atoms with Crippen molar-refractivity contribution < 1.29 is 13.2 Å². The van der Waals surface area contributed by atoms with E-state index in [-0.39, 0.29) is 10.9 Å². The molecule has 0 unspecified atom stereocenters. The quantitative estimate of drug-likeness (QED) is 0.799. The van der Waals surface area contributed by atoms with Gasteiger partial charge in [0.15, 0.2) is 0 Å². The van der Waals surface area contributed by atoms with Crippen LogP contribution in [0.5, 0.6) is 0 Å². The Morgan fingerprint density at radius 1 is 1.00 bits per heavy atom. The van der Waals surface area contributed by atoms with Gasteiger partial charge in [-0.1, -0.05) is 13.0 Å². The Hall–Kier alpha value is -2.38. The van der Waals surface area contributed by atoms with Crippen LogP contribution < -0.4 is 10.6 Å². The fourth-order valence-electron chi connectivity index (χ4n) is 3.34. The van der Waals surface area contributed by atoms with Gasteiger partial charge in [0.2, 0.25) is 10.0 Å². The first kappa shape index (κ1) is 20.4. The molecule has 0 saturated carbocycles. The van der Waals surface area contributed by atoms with Crippen molar-refractivity contribution in [3.8, 4) is 0 Å². The molecule has 1 fully saturated rings. The Labute approximate surface area is 167 Å². The fraction of sp³-hybridized carbons (Fsp3) is 0.381. The third-order valence-electron chi connectivity index (χ3n) is 5.13. The number of aryl methyl sites for hydroxylation is 2. The number of piperidine rings is 1. The summed E-state index contributed by atoms with van der Waals surface area (Å²) >= 11 is 0. The van der Waals surface area contributed by atoms with Crippen molar-refractivity contribution in [2.24, 2.45) is 5.92 Å². The van der Waals surface area contributed by atoms with E-state index in [0.717, 1.165) is 24.0 Å². The number of carbonyl (C=O) groups is 1. The van der Waals surface area contributed by atoms with Gasteiger partial charge in [-0.2, -0.15) is 4.31 Å². The van der Waals surface area contributed by atoms with E-state index in [4.69, 9.17) is 0 Å². The first-order valence-corrected chi connectivity index (χ1v) is 10.9. The van der Waals surface area contributed by atoms with Crippen LogP contribution in [0.4, 0.5) is 16.2 Å². The monoisotopic (exact) mass is 401 g/mol. The summed E-state index contributed by atoms with van der Waals surface area (Å²) in [6.45, 7) is 7.19. The van der Waals surface area contributed by atoms with Gasteiger partial charge < -0.3 is 10.6 Å². The highest BCUT2D eigenvalue weighted by atomic mass is 32.2. The number of hydrogen-bond donors (Lipinski definition) is 2. The molecule has 1 saturated heterocycles. The number of sulfonamides is 1. The summed E-state index contributed by atoms with van der Waals surface area (Å²) in [6, 6.07) is 11.6. The molecule has 1 heterocycles. The van der Waals surface area contributed by atoms with Crippen molar-refractivity contribution in [2.75, 3.05) is 23.7 Å². The second kappa shape index (κ2) is 8.32. The van der Waals surface area contributed by atoms with Crippen LogP contribution in [0.1, 0.15) is 30.9 Å². The number of benzene rings is 2. The van der Waals surface area contributed by atoms with Crippen LogP contribution in [0.2, 0.25) is 0 Å². The molecule has 1 aliphatic heterocycles. The maximum atomic E-state index is 12.8. The normalized spacial score (nSPS) is 17.9. The molecule has 6 nitrogen and oxygen atoms in total. The minimum Gasteiger partial charge on any atom is -0.308 e. The number of nitrogens with zero attached hydrogens (tertiary/aromatic N) is 1. The Morgan fingerprint density at radius 2 is 1.64 bits per heavy atom. The van der Waals surface area contributed by atoms with Crippen LogP contribution in [0.3, 0.4) is 0 Å². The van der Waals surface area contributed by atoms with Gasteiger partial charge in [0, 0.05) is 24.5 Å². The van der Waals surface area contributed by atoms with Gasteiger partial charge in [-0.3, -0.25) is 0 Å². The van der Waals surface area contributed by atoms with Gasteiger partial charge in [-0.05, 0) is 80.1 Å². The summed E-state index contributed by atoms with van der Waals surface area (Å²) in [5.74, 6) is 0.374. The van der Waals surface area contributed by atoms with Crippen molar-refractivity contribution >= 4 is 27.4 Å². The zero-order valence-corrected chi connectivity index (χ0v) is 17.3. The summed E-state index contributed by atoms with van der Waals surface area (Å²) in [4.78, 5) is 12.4. The highest BCUT2D eigenvalue weighted by molar-refractivity contribution is 7.89. The van der Waals surface area contributed by atoms with E-state index in [1.807, 2.05) is 32.0 Å². The van der Waals surface area contributed by atoms with Crippen LogP contribution >= 0.6 is 0 Å². The van der Waals surface area contributed by atoms with Gasteiger partial charge in [0.05, 0.1) is 4.90 Å². The molecular weight excluding hydrogens is 374 g/mol. The van der Waals surface area contributed by atoms with Crippen molar-refractivity contribution in [1.29, 1.82) is 0 Å². The molecular formula is C21H27N3O3S. The predicted molar refractivity (Wildman–Crippen MR) is 112 cm³/mol. The molecule has 0 bridgehead atoms. The van der Waals surface area contributed by atoms with Gasteiger partial charge in [-0.15, -0.1) is 0 Å². The highest BCUT2D eigenvalue weighted by Gasteiger charge is 2.28. The first-order valence-electron chi connectivity index (χ1n) is 9.51. The van der Waals surface area contributed by atoms with E-state index in [2.05, 4.69) is 17.6 Å². The van der Waals surface area contributed by atoms with E-state index in [1.165, 1.54) is 0 Å². The second-order valence-electron chi connectivity index (χ2n) is 7.51. The van der Waals surface area contributed by atoms with E-state index < -0.39 is 10.0 Å². The Bertz CT molecular complexity index is 955. The van der Waals surface area contributed by atoms with E-state index in [0.29, 0.717) is 30.4 Å². The Morgan fingerprint density at radius 3 is 2.29 bits per heavy atom. The summed E-state index contributed by atoms with van der Waals surface area (Å²) < 4.78 is 27.1. The largest absolute Gasteiger partial charge is 0.323 e. The molecule has 0 aliphatic carbocycles. The predicted octanol–water partition coefficient (Wildman–Crippen LogP) is 4.37. The number of nitrogens with one attached hydrogen (secondary N) is 2. The highest BCUT2D eigenvalue weighted by Crippen LogP contribution is 2.24. The molecule has 0 spiro atoms. The lowest BCUT2D eigenvalue weighted by molar-refractivity contribution is 0.262. The topological polar surface area (TPSA) is 78.5 Å². The third kappa shape index (κ3) is 4.72. The molecule has 0 radical (unpaired) electrons. The van der Waals surface area contributed by atoms with E-state index in [1.54, 1.807) is 28.6 Å². The molecule has 1 aliphatic rings. The average Bonchev–Trinajstić information content (AvgIpc) is 2.65. The molecule has 0 aromatic heterocycles. The molecule has 1 atom stereocenters. The lowest BCUT2D eigenvalue weighted by Crippen LogP contribution is -2.39. The summed E-state index contributed by atoms with van der Waals surface area (Å²) in [5.41, 5.74) is 3.50. The minimum atomic E-state index is -3.49. The molecule has 150 valence electrons. The fourth-order valence-corrected chi connectivity index (χ4v) is 4.93. The van der Waals surface area contributed by atoms with E-state index >= 15 is 0 Å². The number of anilines is 2. The number of rotatable bonds is 4. The first-order chi connectivity index (χ1) is 13.3. The number of carbonyl (C=O) groups excluding carboxylic acids is 1. The van der Waals surface area contributed by atoms with Gasteiger partial charge in [-0.25, -0.2) is 13.2 Å². The van der Waals surface area contributed by atoms with Crippen LogP contribution in [0.25, 0.3) is 0 Å². The molecule has 28 heavy (non-hydrogen) atoms. The number of hydrogen-bond acceptors (Lipinski definition) is 3. The second-order valence-corrected chi connectivity index (χ2v) is 9.45. The Balaban J connectivity index is 1.65. The third-order valence-corrected chi connectivity index (χ3v) is 7.01. The summed E-state index contributed by atoms with van der Waals surface area (Å²) in [5, 5.41) is 5.51. The number of amides is 2. The van der Waals surface area contributed by atoms with Crippen LogP contribution in [-0.2, 0) is 10.0 Å². The van der Waals surface area contributed by atoms with Crippen molar-refractivity contribution in [2.45, 2.75) is 38.5 Å². The Kier molecular flexibility index (Phi) is 6.05. The smallest absolute Gasteiger partial charge is 0.308 e. The maximum Gasteiger partial charge on any atom is 0.323 e. The molecule has 3 rings (SSSR count). The molecule has 2 aromatic carbocycles. The summed E-state index contributed by atoms with van der Waals surface area (Å²) in [6.07, 6.45) is 1.95.